The first-order chi connectivity index (χ1) is 10.3. The molecule has 3 rings (SSSR count). The van der Waals surface area contributed by atoms with Gasteiger partial charge < -0.3 is 15.5 Å². The molecule has 0 unspecified atom stereocenters. The minimum absolute atomic E-state index is 0.128. The van der Waals surface area contributed by atoms with Crippen molar-refractivity contribution in [3.05, 3.63) is 66.1 Å². The van der Waals surface area contributed by atoms with Gasteiger partial charge in [-0.1, -0.05) is 23.4 Å². The fraction of sp³-hybridized carbons (Fsp3) is 0.125. The number of amidine groups is 1. The third-order valence-electron chi connectivity index (χ3n) is 3.53. The van der Waals surface area contributed by atoms with Crippen molar-refractivity contribution in [1.82, 2.24) is 9.55 Å². The first kappa shape index (κ1) is 13.2. The minimum Gasteiger partial charge on any atom is -0.409 e. The zero-order chi connectivity index (χ0) is 14.7. The lowest BCUT2D eigenvalue weighted by Crippen LogP contribution is -2.13. The molecule has 5 heteroatoms. The standard InChI is InChI=1S/C16H16N4O/c17-16(19-21)14-5-3-6-15-13(14)8-11-20(15)10-7-12-4-1-2-9-18-12/h1-6,8-9,11,21H,7,10H2,(H2,17,19). The fourth-order valence-electron chi connectivity index (χ4n) is 2.48. The van der Waals surface area contributed by atoms with Crippen LogP contribution in [0.15, 0.2) is 60.0 Å². The molecular formula is C16H16N4O. The van der Waals surface area contributed by atoms with Gasteiger partial charge in [-0.3, -0.25) is 4.98 Å². The van der Waals surface area contributed by atoms with Crippen molar-refractivity contribution in [3.8, 4) is 0 Å². The summed E-state index contributed by atoms with van der Waals surface area (Å²) in [6, 6.07) is 13.7. The van der Waals surface area contributed by atoms with Crippen LogP contribution in [0.1, 0.15) is 11.3 Å². The molecule has 0 aliphatic carbocycles. The third-order valence-corrected chi connectivity index (χ3v) is 3.53. The van der Waals surface area contributed by atoms with E-state index in [1.807, 2.05) is 48.7 Å². The molecule has 3 aromatic rings. The summed E-state index contributed by atoms with van der Waals surface area (Å²) in [6.07, 6.45) is 4.68. The number of aromatic nitrogens is 2. The Hall–Kier alpha value is -2.82. The Kier molecular flexibility index (Phi) is 3.55. The number of hydrogen-bond donors (Lipinski definition) is 2. The second-order valence-electron chi connectivity index (χ2n) is 4.80. The number of hydrogen-bond acceptors (Lipinski definition) is 3. The van der Waals surface area contributed by atoms with E-state index in [0.717, 1.165) is 35.1 Å². The van der Waals surface area contributed by atoms with E-state index in [1.54, 1.807) is 6.20 Å². The summed E-state index contributed by atoms with van der Waals surface area (Å²) in [5, 5.41) is 12.9. The second-order valence-corrected chi connectivity index (χ2v) is 4.80. The molecule has 0 spiro atoms. The van der Waals surface area contributed by atoms with Crippen molar-refractivity contribution in [3.63, 3.8) is 0 Å². The average Bonchev–Trinajstić information content (AvgIpc) is 2.96. The topological polar surface area (TPSA) is 76.4 Å². The average molecular weight is 280 g/mol. The van der Waals surface area contributed by atoms with Crippen LogP contribution in [0.5, 0.6) is 0 Å². The quantitative estimate of drug-likeness (QED) is 0.333. The maximum atomic E-state index is 8.85. The summed E-state index contributed by atoms with van der Waals surface area (Å²) in [6.45, 7) is 0.833. The Labute approximate surface area is 122 Å². The molecule has 2 aromatic heterocycles. The van der Waals surface area contributed by atoms with Gasteiger partial charge in [0.1, 0.15) is 0 Å². The number of rotatable bonds is 4. The lowest BCUT2D eigenvalue weighted by molar-refractivity contribution is 0.318. The van der Waals surface area contributed by atoms with E-state index in [2.05, 4.69) is 14.7 Å². The molecule has 21 heavy (non-hydrogen) atoms. The molecule has 0 radical (unpaired) electrons. The summed E-state index contributed by atoms with van der Waals surface area (Å²) in [7, 11) is 0. The van der Waals surface area contributed by atoms with Gasteiger partial charge in [0.05, 0.1) is 0 Å². The van der Waals surface area contributed by atoms with Gasteiger partial charge in [0, 0.05) is 47.5 Å². The van der Waals surface area contributed by atoms with Crippen LogP contribution in [0.2, 0.25) is 0 Å². The Morgan fingerprint density at radius 2 is 2.10 bits per heavy atom. The maximum Gasteiger partial charge on any atom is 0.170 e. The second kappa shape index (κ2) is 5.66. The van der Waals surface area contributed by atoms with Crippen LogP contribution in [-0.4, -0.2) is 20.6 Å². The monoisotopic (exact) mass is 280 g/mol. The molecule has 0 atom stereocenters. The number of nitrogens with two attached hydrogens (primary N) is 1. The fourth-order valence-corrected chi connectivity index (χ4v) is 2.48. The van der Waals surface area contributed by atoms with Gasteiger partial charge in [-0.2, -0.15) is 0 Å². The van der Waals surface area contributed by atoms with Gasteiger partial charge in [0.15, 0.2) is 5.84 Å². The molecule has 0 bridgehead atoms. The summed E-state index contributed by atoms with van der Waals surface area (Å²) in [4.78, 5) is 4.33. The number of oxime groups is 1. The van der Waals surface area contributed by atoms with Gasteiger partial charge >= 0.3 is 0 Å². The van der Waals surface area contributed by atoms with Gasteiger partial charge in [0.2, 0.25) is 0 Å². The molecule has 0 aliphatic rings. The molecule has 5 nitrogen and oxygen atoms in total. The van der Waals surface area contributed by atoms with E-state index in [-0.39, 0.29) is 5.84 Å². The molecule has 0 amide bonds. The highest BCUT2D eigenvalue weighted by atomic mass is 16.4. The smallest absolute Gasteiger partial charge is 0.170 e. The summed E-state index contributed by atoms with van der Waals surface area (Å²) in [5.41, 5.74) is 8.58. The predicted molar refractivity (Wildman–Crippen MR) is 82.4 cm³/mol. The molecule has 2 heterocycles. The summed E-state index contributed by atoms with van der Waals surface area (Å²) < 4.78 is 2.15. The number of pyridine rings is 1. The highest BCUT2D eigenvalue weighted by molar-refractivity contribution is 6.08. The van der Waals surface area contributed by atoms with E-state index in [1.165, 1.54) is 0 Å². The number of aryl methyl sites for hydroxylation is 2. The Bertz CT molecular complexity index is 777. The largest absolute Gasteiger partial charge is 0.409 e. The van der Waals surface area contributed by atoms with Gasteiger partial charge in [-0.25, -0.2) is 0 Å². The summed E-state index contributed by atoms with van der Waals surface area (Å²) >= 11 is 0. The normalized spacial score (nSPS) is 11.9. The van der Waals surface area contributed by atoms with Crippen LogP contribution >= 0.6 is 0 Å². The van der Waals surface area contributed by atoms with E-state index >= 15 is 0 Å². The van der Waals surface area contributed by atoms with Crippen LogP contribution in [0.4, 0.5) is 0 Å². The molecular weight excluding hydrogens is 264 g/mol. The van der Waals surface area contributed by atoms with E-state index in [9.17, 15) is 0 Å². The third kappa shape index (κ3) is 2.58. The van der Waals surface area contributed by atoms with E-state index in [4.69, 9.17) is 10.9 Å². The molecule has 106 valence electrons. The van der Waals surface area contributed by atoms with Crippen LogP contribution in [0.25, 0.3) is 10.9 Å². The highest BCUT2D eigenvalue weighted by Gasteiger charge is 2.08. The van der Waals surface area contributed by atoms with Crippen LogP contribution in [-0.2, 0) is 13.0 Å². The summed E-state index contributed by atoms with van der Waals surface area (Å²) in [5.74, 6) is 0.128. The van der Waals surface area contributed by atoms with Crippen LogP contribution in [0.3, 0.4) is 0 Å². The first-order valence-electron chi connectivity index (χ1n) is 6.75. The highest BCUT2D eigenvalue weighted by Crippen LogP contribution is 2.20. The molecule has 0 saturated heterocycles. The van der Waals surface area contributed by atoms with Gasteiger partial charge in [-0.15, -0.1) is 0 Å². The molecule has 0 aliphatic heterocycles. The lowest BCUT2D eigenvalue weighted by Gasteiger charge is -2.06. The van der Waals surface area contributed by atoms with Crippen LogP contribution in [0, 0.1) is 0 Å². The van der Waals surface area contributed by atoms with Crippen molar-refractivity contribution in [2.24, 2.45) is 10.9 Å². The molecule has 0 fully saturated rings. The van der Waals surface area contributed by atoms with Crippen molar-refractivity contribution in [2.45, 2.75) is 13.0 Å². The maximum absolute atomic E-state index is 8.85. The van der Waals surface area contributed by atoms with Crippen molar-refractivity contribution < 1.29 is 5.21 Å². The Morgan fingerprint density at radius 1 is 1.19 bits per heavy atom. The van der Waals surface area contributed by atoms with Crippen molar-refractivity contribution in [1.29, 1.82) is 0 Å². The van der Waals surface area contributed by atoms with E-state index in [0.29, 0.717) is 0 Å². The Balaban J connectivity index is 1.91. The SMILES string of the molecule is N/C(=N/O)c1cccc2c1ccn2CCc1ccccn1. The predicted octanol–water partition coefficient (Wildman–Crippen LogP) is 2.37. The number of nitrogens with zero attached hydrogens (tertiary/aromatic N) is 3. The van der Waals surface area contributed by atoms with E-state index < -0.39 is 0 Å². The van der Waals surface area contributed by atoms with Crippen molar-refractivity contribution in [2.75, 3.05) is 0 Å². The molecule has 0 saturated carbocycles. The Morgan fingerprint density at radius 3 is 2.86 bits per heavy atom. The van der Waals surface area contributed by atoms with Crippen molar-refractivity contribution >= 4 is 16.7 Å². The lowest BCUT2D eigenvalue weighted by atomic mass is 10.1. The molecule has 3 N–H and O–H groups in total. The van der Waals surface area contributed by atoms with Crippen LogP contribution < -0.4 is 5.73 Å². The number of benzene rings is 1. The van der Waals surface area contributed by atoms with Gasteiger partial charge in [-0.05, 0) is 24.3 Å². The minimum atomic E-state index is 0.128. The zero-order valence-electron chi connectivity index (χ0n) is 11.5. The van der Waals surface area contributed by atoms with Gasteiger partial charge in [0.25, 0.3) is 0 Å². The molecule has 1 aromatic carbocycles. The first-order valence-corrected chi connectivity index (χ1v) is 6.75. The number of fused-ring (bicyclic) bond motifs is 1. The zero-order valence-corrected chi connectivity index (χ0v) is 11.5.